The Kier molecular flexibility index (Phi) is 6.80. The Balaban J connectivity index is 0.000000921. The first kappa shape index (κ1) is 14.0. The molecule has 0 spiro atoms. The lowest BCUT2D eigenvalue weighted by Gasteiger charge is -2.11. The molecular formula is C13H23NO. The van der Waals surface area contributed by atoms with Crippen LogP contribution in [0.3, 0.4) is 0 Å². The van der Waals surface area contributed by atoms with E-state index in [2.05, 4.69) is 38.1 Å². The normalized spacial score (nSPS) is 9.53. The van der Waals surface area contributed by atoms with Crippen molar-refractivity contribution < 1.29 is 4.74 Å². The van der Waals surface area contributed by atoms with Gasteiger partial charge in [-0.2, -0.15) is 0 Å². The van der Waals surface area contributed by atoms with Gasteiger partial charge in [-0.1, -0.05) is 26.0 Å². The summed E-state index contributed by atoms with van der Waals surface area (Å²) in [5.41, 5.74) is 2.52. The van der Waals surface area contributed by atoms with E-state index >= 15 is 0 Å². The average molecular weight is 209 g/mol. The summed E-state index contributed by atoms with van der Waals surface area (Å²) in [6, 6.07) is 6.29. The van der Waals surface area contributed by atoms with Gasteiger partial charge in [-0.05, 0) is 38.2 Å². The van der Waals surface area contributed by atoms with Gasteiger partial charge < -0.3 is 9.64 Å². The third kappa shape index (κ3) is 4.84. The average Bonchev–Trinajstić information content (AvgIpc) is 2.20. The Morgan fingerprint density at radius 3 is 2.20 bits per heavy atom. The molecule has 2 nitrogen and oxygen atoms in total. The van der Waals surface area contributed by atoms with Crippen LogP contribution in [0.2, 0.25) is 0 Å². The minimum Gasteiger partial charge on any atom is -0.496 e. The Hall–Kier alpha value is -1.02. The quantitative estimate of drug-likeness (QED) is 0.758. The van der Waals surface area contributed by atoms with Gasteiger partial charge in [0.05, 0.1) is 7.11 Å². The van der Waals surface area contributed by atoms with Gasteiger partial charge in [-0.25, -0.2) is 0 Å². The van der Waals surface area contributed by atoms with E-state index in [-0.39, 0.29) is 0 Å². The monoisotopic (exact) mass is 209 g/mol. The first-order chi connectivity index (χ1) is 7.13. The second-order valence-electron chi connectivity index (χ2n) is 3.54. The summed E-state index contributed by atoms with van der Waals surface area (Å²) in [6.45, 7) is 7.04. The van der Waals surface area contributed by atoms with Crippen LogP contribution in [0, 0.1) is 6.92 Å². The molecule has 15 heavy (non-hydrogen) atoms. The number of nitrogens with zero attached hydrogens (tertiary/aromatic N) is 1. The molecule has 0 bridgehead atoms. The molecule has 0 fully saturated rings. The van der Waals surface area contributed by atoms with Crippen molar-refractivity contribution in [2.75, 3.05) is 21.2 Å². The Labute approximate surface area is 93.9 Å². The van der Waals surface area contributed by atoms with Crippen LogP contribution in [0.5, 0.6) is 5.75 Å². The van der Waals surface area contributed by atoms with Crippen molar-refractivity contribution in [2.24, 2.45) is 0 Å². The molecule has 0 aliphatic heterocycles. The molecule has 0 aliphatic carbocycles. The molecule has 1 aromatic rings. The summed E-state index contributed by atoms with van der Waals surface area (Å²) >= 11 is 0. The highest BCUT2D eigenvalue weighted by molar-refractivity contribution is 5.36. The zero-order valence-electron chi connectivity index (χ0n) is 10.8. The maximum absolute atomic E-state index is 5.19. The highest BCUT2D eigenvalue weighted by atomic mass is 16.5. The standard InChI is InChI=1S/C11H17NO.C2H6/c1-9-7-10(8-12(2)3)5-6-11(9)13-4;1-2/h5-7H,8H2,1-4H3;1-2H3. The molecule has 1 aromatic carbocycles. The van der Waals surface area contributed by atoms with E-state index in [1.165, 1.54) is 11.1 Å². The van der Waals surface area contributed by atoms with Gasteiger partial charge in [0.1, 0.15) is 5.75 Å². The maximum atomic E-state index is 5.19. The second-order valence-corrected chi connectivity index (χ2v) is 3.54. The summed E-state index contributed by atoms with van der Waals surface area (Å²) in [4.78, 5) is 2.15. The fourth-order valence-corrected chi connectivity index (χ4v) is 1.40. The molecule has 0 atom stereocenters. The number of ether oxygens (including phenoxy) is 1. The van der Waals surface area contributed by atoms with Crippen molar-refractivity contribution >= 4 is 0 Å². The minimum absolute atomic E-state index is 0.961. The molecule has 1 rings (SSSR count). The van der Waals surface area contributed by atoms with Crippen molar-refractivity contribution in [1.29, 1.82) is 0 Å². The van der Waals surface area contributed by atoms with E-state index in [0.29, 0.717) is 0 Å². The van der Waals surface area contributed by atoms with Crippen LogP contribution in [0.25, 0.3) is 0 Å². The molecule has 0 amide bonds. The van der Waals surface area contributed by atoms with Crippen molar-refractivity contribution in [3.63, 3.8) is 0 Å². The van der Waals surface area contributed by atoms with E-state index in [1.807, 2.05) is 19.9 Å². The molecule has 0 radical (unpaired) electrons. The van der Waals surface area contributed by atoms with Gasteiger partial charge in [0.2, 0.25) is 0 Å². The van der Waals surface area contributed by atoms with Crippen molar-refractivity contribution in [3.8, 4) is 5.75 Å². The van der Waals surface area contributed by atoms with E-state index in [9.17, 15) is 0 Å². The summed E-state index contributed by atoms with van der Waals surface area (Å²) in [5, 5.41) is 0. The van der Waals surface area contributed by atoms with Gasteiger partial charge in [-0.3, -0.25) is 0 Å². The Bertz CT molecular complexity index is 282. The zero-order chi connectivity index (χ0) is 11.8. The smallest absolute Gasteiger partial charge is 0.121 e. The van der Waals surface area contributed by atoms with Crippen LogP contribution >= 0.6 is 0 Å². The summed E-state index contributed by atoms with van der Waals surface area (Å²) in [6.07, 6.45) is 0. The summed E-state index contributed by atoms with van der Waals surface area (Å²) < 4.78 is 5.19. The zero-order valence-corrected chi connectivity index (χ0v) is 10.8. The Morgan fingerprint density at radius 2 is 1.80 bits per heavy atom. The summed E-state index contributed by atoms with van der Waals surface area (Å²) in [5.74, 6) is 0.961. The molecule has 0 heterocycles. The molecular weight excluding hydrogens is 186 g/mol. The number of rotatable bonds is 3. The highest BCUT2D eigenvalue weighted by Crippen LogP contribution is 2.18. The second kappa shape index (κ2) is 7.30. The van der Waals surface area contributed by atoms with E-state index < -0.39 is 0 Å². The lowest BCUT2D eigenvalue weighted by atomic mass is 10.1. The first-order valence-corrected chi connectivity index (χ1v) is 5.41. The molecule has 0 N–H and O–H groups in total. The highest BCUT2D eigenvalue weighted by Gasteiger charge is 2.00. The first-order valence-electron chi connectivity index (χ1n) is 5.41. The summed E-state index contributed by atoms with van der Waals surface area (Å²) in [7, 11) is 5.84. The van der Waals surface area contributed by atoms with Crippen molar-refractivity contribution in [3.05, 3.63) is 29.3 Å². The number of methoxy groups -OCH3 is 1. The van der Waals surface area contributed by atoms with E-state index in [4.69, 9.17) is 4.74 Å². The van der Waals surface area contributed by atoms with E-state index in [1.54, 1.807) is 7.11 Å². The van der Waals surface area contributed by atoms with Crippen LogP contribution in [0.4, 0.5) is 0 Å². The van der Waals surface area contributed by atoms with Gasteiger partial charge in [0.25, 0.3) is 0 Å². The number of benzene rings is 1. The molecule has 0 saturated heterocycles. The number of aryl methyl sites for hydroxylation is 1. The van der Waals surface area contributed by atoms with Gasteiger partial charge in [0, 0.05) is 6.54 Å². The van der Waals surface area contributed by atoms with E-state index in [0.717, 1.165) is 12.3 Å². The SMILES string of the molecule is CC.COc1ccc(CN(C)C)cc1C. The van der Waals surface area contributed by atoms with Crippen LogP contribution in [0.15, 0.2) is 18.2 Å². The molecule has 0 unspecified atom stereocenters. The molecule has 0 saturated carbocycles. The lowest BCUT2D eigenvalue weighted by molar-refractivity contribution is 0.398. The molecule has 2 heteroatoms. The molecule has 0 aromatic heterocycles. The van der Waals surface area contributed by atoms with Crippen LogP contribution in [-0.4, -0.2) is 26.1 Å². The fourth-order valence-electron chi connectivity index (χ4n) is 1.40. The third-order valence-electron chi connectivity index (χ3n) is 1.96. The van der Waals surface area contributed by atoms with Crippen LogP contribution in [-0.2, 0) is 6.54 Å². The maximum Gasteiger partial charge on any atom is 0.121 e. The predicted octanol–water partition coefficient (Wildman–Crippen LogP) is 3.09. The lowest BCUT2D eigenvalue weighted by Crippen LogP contribution is -2.10. The fraction of sp³-hybridized carbons (Fsp3) is 0.538. The molecule has 0 aliphatic rings. The van der Waals surface area contributed by atoms with Crippen LogP contribution < -0.4 is 4.74 Å². The predicted molar refractivity (Wildman–Crippen MR) is 66.5 cm³/mol. The van der Waals surface area contributed by atoms with Crippen molar-refractivity contribution in [2.45, 2.75) is 27.3 Å². The van der Waals surface area contributed by atoms with Gasteiger partial charge in [0.15, 0.2) is 0 Å². The van der Waals surface area contributed by atoms with Crippen LogP contribution in [0.1, 0.15) is 25.0 Å². The third-order valence-corrected chi connectivity index (χ3v) is 1.96. The van der Waals surface area contributed by atoms with Gasteiger partial charge >= 0.3 is 0 Å². The van der Waals surface area contributed by atoms with Gasteiger partial charge in [-0.15, -0.1) is 0 Å². The largest absolute Gasteiger partial charge is 0.496 e. The Morgan fingerprint density at radius 1 is 1.20 bits per heavy atom. The number of hydrogen-bond acceptors (Lipinski definition) is 2. The minimum atomic E-state index is 0.961. The van der Waals surface area contributed by atoms with Crippen molar-refractivity contribution in [1.82, 2.24) is 4.90 Å². The molecule has 86 valence electrons. The topological polar surface area (TPSA) is 12.5 Å². The number of hydrogen-bond donors (Lipinski definition) is 0.